The summed E-state index contributed by atoms with van der Waals surface area (Å²) in [5.41, 5.74) is 2.44. The van der Waals surface area contributed by atoms with E-state index in [2.05, 4.69) is 4.98 Å². The molecule has 0 unspecified atom stereocenters. The van der Waals surface area contributed by atoms with E-state index in [4.69, 9.17) is 28.4 Å². The maximum atomic E-state index is 11.8. The highest BCUT2D eigenvalue weighted by Crippen LogP contribution is 2.46. The molecule has 0 amide bonds. The van der Waals surface area contributed by atoms with Gasteiger partial charge in [-0.15, -0.1) is 0 Å². The minimum Gasteiger partial charge on any atom is -0.496 e. The number of nitrogens with zero attached hydrogens (tertiary/aromatic N) is 1. The summed E-state index contributed by atoms with van der Waals surface area (Å²) in [5, 5.41) is 10.2. The van der Waals surface area contributed by atoms with Gasteiger partial charge in [-0.05, 0) is 48.9 Å². The van der Waals surface area contributed by atoms with Crippen LogP contribution in [0.5, 0.6) is 34.6 Å². The molecule has 0 aliphatic carbocycles. The smallest absolute Gasteiger partial charge is 0.496 e. The van der Waals surface area contributed by atoms with Gasteiger partial charge in [0.05, 0.1) is 19.2 Å². The van der Waals surface area contributed by atoms with Crippen LogP contribution >= 0.6 is 0 Å². The molecule has 3 aromatic carbocycles. The second-order valence-corrected chi connectivity index (χ2v) is 7.77. The van der Waals surface area contributed by atoms with Crippen molar-refractivity contribution in [3.05, 3.63) is 66.2 Å². The Morgan fingerprint density at radius 2 is 1.86 bits per heavy atom. The van der Waals surface area contributed by atoms with Gasteiger partial charge in [0.15, 0.2) is 11.5 Å². The first-order chi connectivity index (χ1) is 17.6. The Balaban J connectivity index is 1.70. The van der Waals surface area contributed by atoms with Gasteiger partial charge in [0.2, 0.25) is 12.5 Å². The highest BCUT2D eigenvalue weighted by molar-refractivity contribution is 6.00. The fraction of sp³-hybridized carbons (Fsp3) is 0.185. The molecule has 1 aliphatic rings. The molecule has 0 radical (unpaired) electrons. The summed E-state index contributed by atoms with van der Waals surface area (Å²) in [5.74, 6) is 2.36. The van der Waals surface area contributed by atoms with Gasteiger partial charge >= 0.3 is 6.16 Å². The molecule has 0 saturated heterocycles. The van der Waals surface area contributed by atoms with Gasteiger partial charge in [0.1, 0.15) is 18.1 Å². The largest absolute Gasteiger partial charge is 0.511 e. The first kappa shape index (κ1) is 23.1. The first-order valence-electron chi connectivity index (χ1n) is 11.2. The third-order valence-electron chi connectivity index (χ3n) is 5.60. The number of carboxylic acid groups (broad SMARTS) is 1. The third kappa shape index (κ3) is 4.50. The van der Waals surface area contributed by atoms with Crippen LogP contribution in [0, 0.1) is 0 Å². The molecule has 1 N–H and O–H groups in total. The van der Waals surface area contributed by atoms with E-state index >= 15 is 0 Å². The van der Waals surface area contributed by atoms with E-state index in [-0.39, 0.29) is 25.0 Å². The Labute approximate surface area is 206 Å². The maximum absolute atomic E-state index is 11.8. The molecule has 0 bridgehead atoms. The normalized spacial score (nSPS) is 11.8. The van der Waals surface area contributed by atoms with Gasteiger partial charge in [0.25, 0.3) is 5.88 Å². The Bertz CT molecular complexity index is 1440. The predicted molar refractivity (Wildman–Crippen MR) is 130 cm³/mol. The van der Waals surface area contributed by atoms with Crippen molar-refractivity contribution in [2.45, 2.75) is 13.5 Å². The second-order valence-electron chi connectivity index (χ2n) is 7.77. The van der Waals surface area contributed by atoms with Crippen molar-refractivity contribution in [3.8, 4) is 45.8 Å². The number of rotatable bonds is 8. The number of fused-ring (bicyclic) bond motifs is 2. The molecule has 0 atom stereocenters. The molecule has 9 nitrogen and oxygen atoms in total. The molecule has 0 fully saturated rings. The fourth-order valence-corrected chi connectivity index (χ4v) is 4.05. The molecular formula is C27H23NO8. The molecular weight excluding hydrogens is 466 g/mol. The van der Waals surface area contributed by atoms with Crippen LogP contribution < -0.4 is 28.4 Å². The molecule has 0 saturated carbocycles. The second kappa shape index (κ2) is 9.91. The number of benzene rings is 3. The van der Waals surface area contributed by atoms with Gasteiger partial charge in [-0.2, -0.15) is 0 Å². The standard InChI is InChI=1S/C27H23NO8/c1-3-32-18-9-10-20-19(13-18)24(16-8-11-22-23(12-16)35-15-34-22)25(36-27(29)30)26(28-20)33-14-17-6-4-5-7-21(17)31-2/h4-13H,3,14-15H2,1-2H3,(H,29,30). The number of ether oxygens (including phenoxy) is 6. The van der Waals surface area contributed by atoms with Crippen LogP contribution in [0.15, 0.2) is 60.7 Å². The average Bonchev–Trinajstić information content (AvgIpc) is 3.35. The zero-order valence-electron chi connectivity index (χ0n) is 19.6. The van der Waals surface area contributed by atoms with Gasteiger partial charge < -0.3 is 33.5 Å². The molecule has 0 spiro atoms. The fourth-order valence-electron chi connectivity index (χ4n) is 4.05. The van der Waals surface area contributed by atoms with Crippen LogP contribution in [0.3, 0.4) is 0 Å². The van der Waals surface area contributed by atoms with Gasteiger partial charge in [-0.25, -0.2) is 9.78 Å². The predicted octanol–water partition coefficient (Wildman–Crippen LogP) is 5.67. The van der Waals surface area contributed by atoms with Gasteiger partial charge in [0, 0.05) is 16.5 Å². The SMILES string of the molecule is CCOc1ccc2nc(OCc3ccccc3OC)c(OC(=O)O)c(-c3ccc4c(c3)OCO4)c2c1. The van der Waals surface area contributed by atoms with E-state index in [0.29, 0.717) is 51.6 Å². The molecule has 5 rings (SSSR count). The van der Waals surface area contributed by atoms with Crippen molar-refractivity contribution in [1.82, 2.24) is 4.98 Å². The summed E-state index contributed by atoms with van der Waals surface area (Å²) >= 11 is 0. The zero-order valence-corrected chi connectivity index (χ0v) is 19.6. The van der Waals surface area contributed by atoms with Crippen LogP contribution in [0.1, 0.15) is 12.5 Å². The van der Waals surface area contributed by atoms with E-state index in [1.807, 2.05) is 31.2 Å². The van der Waals surface area contributed by atoms with E-state index in [1.165, 1.54) is 0 Å². The minimum atomic E-state index is -1.50. The van der Waals surface area contributed by atoms with Crippen molar-refractivity contribution in [1.29, 1.82) is 0 Å². The van der Waals surface area contributed by atoms with E-state index in [1.54, 1.807) is 43.5 Å². The van der Waals surface area contributed by atoms with E-state index in [9.17, 15) is 9.90 Å². The van der Waals surface area contributed by atoms with Crippen molar-refractivity contribution >= 4 is 17.1 Å². The van der Waals surface area contributed by atoms with Crippen molar-refractivity contribution in [3.63, 3.8) is 0 Å². The zero-order chi connectivity index (χ0) is 25.1. The number of hydrogen-bond acceptors (Lipinski definition) is 8. The lowest BCUT2D eigenvalue weighted by Crippen LogP contribution is -2.09. The van der Waals surface area contributed by atoms with Crippen LogP contribution in [0.4, 0.5) is 4.79 Å². The number of methoxy groups -OCH3 is 1. The number of aromatic nitrogens is 1. The van der Waals surface area contributed by atoms with Crippen LogP contribution in [-0.2, 0) is 6.61 Å². The number of para-hydroxylation sites is 1. The molecule has 1 aliphatic heterocycles. The monoisotopic (exact) mass is 489 g/mol. The number of carbonyl (C=O) groups is 1. The minimum absolute atomic E-state index is 0.0210. The first-order valence-corrected chi connectivity index (χ1v) is 11.2. The summed E-state index contributed by atoms with van der Waals surface area (Å²) in [7, 11) is 1.57. The lowest BCUT2D eigenvalue weighted by molar-refractivity contribution is 0.141. The molecule has 9 heteroatoms. The summed E-state index contributed by atoms with van der Waals surface area (Å²) < 4.78 is 33.4. The van der Waals surface area contributed by atoms with Crippen molar-refractivity contribution in [2.75, 3.05) is 20.5 Å². The Hall–Kier alpha value is -4.66. The molecule has 2 heterocycles. The van der Waals surface area contributed by atoms with Crippen LogP contribution in [0.2, 0.25) is 0 Å². The van der Waals surface area contributed by atoms with Crippen molar-refractivity contribution < 1.29 is 38.3 Å². The summed E-state index contributed by atoms with van der Waals surface area (Å²) in [6, 6.07) is 18.1. The molecule has 1 aromatic heterocycles. The lowest BCUT2D eigenvalue weighted by Gasteiger charge is -2.18. The molecule has 36 heavy (non-hydrogen) atoms. The van der Waals surface area contributed by atoms with Crippen molar-refractivity contribution in [2.24, 2.45) is 0 Å². The van der Waals surface area contributed by atoms with E-state index < -0.39 is 6.16 Å². The highest BCUT2D eigenvalue weighted by atomic mass is 16.7. The Kier molecular flexibility index (Phi) is 6.36. The number of pyridine rings is 1. The Morgan fingerprint density at radius 3 is 2.67 bits per heavy atom. The van der Waals surface area contributed by atoms with Crippen LogP contribution in [0.25, 0.3) is 22.0 Å². The maximum Gasteiger partial charge on any atom is 0.511 e. The molecule has 4 aromatic rings. The molecule has 184 valence electrons. The topological polar surface area (TPSA) is 106 Å². The lowest BCUT2D eigenvalue weighted by atomic mass is 9.99. The average molecular weight is 489 g/mol. The van der Waals surface area contributed by atoms with Gasteiger partial charge in [-0.1, -0.05) is 24.3 Å². The summed E-state index contributed by atoms with van der Waals surface area (Å²) in [6.07, 6.45) is -1.50. The number of hydrogen-bond donors (Lipinski definition) is 1. The summed E-state index contributed by atoms with van der Waals surface area (Å²) in [4.78, 5) is 16.4. The summed E-state index contributed by atoms with van der Waals surface area (Å²) in [6.45, 7) is 2.54. The highest BCUT2D eigenvalue weighted by Gasteiger charge is 2.25. The van der Waals surface area contributed by atoms with Gasteiger partial charge in [-0.3, -0.25) is 0 Å². The quantitative estimate of drug-likeness (QED) is 0.313. The third-order valence-corrected chi connectivity index (χ3v) is 5.60. The van der Waals surface area contributed by atoms with Crippen LogP contribution in [-0.4, -0.2) is 36.8 Å². The Morgan fingerprint density at radius 1 is 1.03 bits per heavy atom. The van der Waals surface area contributed by atoms with E-state index in [0.717, 1.165) is 5.56 Å².